The van der Waals surface area contributed by atoms with Crippen LogP contribution in [0.3, 0.4) is 0 Å². The van der Waals surface area contributed by atoms with E-state index in [1.165, 1.54) is 0 Å². The molecule has 0 aliphatic carbocycles. The number of nitrogens with one attached hydrogen (secondary N) is 1. The van der Waals surface area contributed by atoms with E-state index in [1.807, 2.05) is 60.7 Å². The van der Waals surface area contributed by atoms with Crippen LogP contribution in [-0.4, -0.2) is 26.5 Å². The van der Waals surface area contributed by atoms with Crippen molar-refractivity contribution in [3.63, 3.8) is 0 Å². The van der Waals surface area contributed by atoms with E-state index in [0.717, 1.165) is 22.9 Å². The minimum atomic E-state index is -4.71. The number of amides is 1. The Balaban J connectivity index is 1.71. The Morgan fingerprint density at radius 3 is 2.04 bits per heavy atom. The molecule has 2 aromatic carbocycles. The van der Waals surface area contributed by atoms with Gasteiger partial charge in [0.15, 0.2) is 0 Å². The van der Waals surface area contributed by atoms with Crippen LogP contribution in [0.1, 0.15) is 23.0 Å². The highest BCUT2D eigenvalue weighted by Gasteiger charge is 2.38. The smallest absolute Gasteiger partial charge is 0.344 e. The number of aromatic nitrogens is 3. The third-order valence-corrected chi connectivity index (χ3v) is 4.76. The fraction of sp³-hybridized carbons (Fsp3) is 0.167. The second-order valence-corrected chi connectivity index (χ2v) is 6.73. The van der Waals surface area contributed by atoms with E-state index in [4.69, 9.17) is 5.84 Å². The van der Waals surface area contributed by atoms with Crippen LogP contribution in [0.25, 0.3) is 0 Å². The lowest BCUT2D eigenvalue weighted by Gasteiger charge is -2.19. The van der Waals surface area contributed by atoms with Crippen LogP contribution in [0.2, 0.25) is 0 Å². The lowest BCUT2D eigenvalue weighted by atomic mass is 9.99. The van der Waals surface area contributed by atoms with E-state index in [0.29, 0.717) is 4.68 Å². The molecular weight excluding hydrogens is 391 g/mol. The van der Waals surface area contributed by atoms with Gasteiger partial charge in [-0.2, -0.15) is 13.2 Å². The molecule has 0 saturated heterocycles. The van der Waals surface area contributed by atoms with E-state index >= 15 is 0 Å². The van der Waals surface area contributed by atoms with Crippen LogP contribution >= 0.6 is 11.8 Å². The summed E-state index contributed by atoms with van der Waals surface area (Å²) in [5, 5.41) is 9.13. The van der Waals surface area contributed by atoms with Crippen LogP contribution in [0.5, 0.6) is 0 Å². The molecule has 1 aromatic heterocycles. The predicted molar refractivity (Wildman–Crippen MR) is 98.8 cm³/mol. The Bertz CT molecular complexity index is 892. The molecule has 0 radical (unpaired) electrons. The zero-order valence-corrected chi connectivity index (χ0v) is 15.2. The first-order chi connectivity index (χ1) is 13.4. The SMILES string of the molecule is Nn1c(SCC(=O)NC(c2ccccc2)c2ccccc2)nnc1C(F)(F)F. The normalized spacial score (nSPS) is 11.6. The summed E-state index contributed by atoms with van der Waals surface area (Å²) < 4.78 is 38.5. The Hall–Kier alpha value is -3.01. The van der Waals surface area contributed by atoms with Crippen LogP contribution in [-0.2, 0) is 11.0 Å². The Labute approximate surface area is 162 Å². The van der Waals surface area contributed by atoms with E-state index in [-0.39, 0.29) is 16.8 Å². The van der Waals surface area contributed by atoms with Crippen molar-refractivity contribution in [1.82, 2.24) is 20.2 Å². The van der Waals surface area contributed by atoms with E-state index in [2.05, 4.69) is 15.5 Å². The lowest BCUT2D eigenvalue weighted by Crippen LogP contribution is -2.31. The van der Waals surface area contributed by atoms with Crippen molar-refractivity contribution in [2.24, 2.45) is 0 Å². The summed E-state index contributed by atoms with van der Waals surface area (Å²) in [6.45, 7) is 0. The molecule has 0 unspecified atom stereocenters. The van der Waals surface area contributed by atoms with E-state index < -0.39 is 18.0 Å². The number of halogens is 3. The maximum atomic E-state index is 12.7. The zero-order valence-electron chi connectivity index (χ0n) is 14.4. The Kier molecular flexibility index (Phi) is 5.88. The standard InChI is InChI=1S/C18H16F3N5OS/c19-18(20,21)16-24-25-17(26(16)22)28-11-14(27)23-15(12-7-3-1-4-8-12)13-9-5-2-6-10-13/h1-10,15H,11,22H2,(H,23,27). The summed E-state index contributed by atoms with van der Waals surface area (Å²) >= 11 is 0.777. The van der Waals surface area contributed by atoms with Gasteiger partial charge in [-0.15, -0.1) is 10.2 Å². The van der Waals surface area contributed by atoms with E-state index in [9.17, 15) is 18.0 Å². The predicted octanol–water partition coefficient (Wildman–Crippen LogP) is 3.01. The summed E-state index contributed by atoms with van der Waals surface area (Å²) in [6.07, 6.45) is -4.71. The minimum Gasteiger partial charge on any atom is -0.344 e. The molecule has 3 N–H and O–H groups in total. The number of nitrogen functional groups attached to an aromatic ring is 1. The fourth-order valence-corrected chi connectivity index (χ4v) is 3.22. The summed E-state index contributed by atoms with van der Waals surface area (Å²) in [5.74, 6) is 3.52. The van der Waals surface area contributed by atoms with Gasteiger partial charge < -0.3 is 11.2 Å². The van der Waals surface area contributed by atoms with Crippen molar-refractivity contribution in [1.29, 1.82) is 0 Å². The summed E-state index contributed by atoms with van der Waals surface area (Å²) in [6, 6.07) is 18.3. The van der Waals surface area contributed by atoms with Crippen molar-refractivity contribution in [2.75, 3.05) is 11.6 Å². The van der Waals surface area contributed by atoms with E-state index in [1.54, 1.807) is 0 Å². The highest BCUT2D eigenvalue weighted by molar-refractivity contribution is 7.99. The largest absolute Gasteiger partial charge is 0.453 e. The molecule has 0 fully saturated rings. The molecule has 146 valence electrons. The van der Waals surface area contributed by atoms with Crippen molar-refractivity contribution < 1.29 is 18.0 Å². The number of hydrogen-bond acceptors (Lipinski definition) is 5. The summed E-state index contributed by atoms with van der Waals surface area (Å²) in [7, 11) is 0. The number of carbonyl (C=O) groups is 1. The molecule has 1 amide bonds. The average Bonchev–Trinajstić information content (AvgIpc) is 3.07. The molecule has 0 atom stereocenters. The number of carbonyl (C=O) groups excluding carboxylic acids is 1. The highest BCUT2D eigenvalue weighted by Crippen LogP contribution is 2.29. The lowest BCUT2D eigenvalue weighted by molar-refractivity contribution is -0.146. The van der Waals surface area contributed by atoms with Gasteiger partial charge in [0.1, 0.15) is 0 Å². The first kappa shape index (κ1) is 19.7. The minimum absolute atomic E-state index is 0.163. The number of nitrogens with two attached hydrogens (primary N) is 1. The fourth-order valence-electron chi connectivity index (χ4n) is 2.55. The molecule has 3 aromatic rings. The Morgan fingerprint density at radius 2 is 1.57 bits per heavy atom. The van der Waals surface area contributed by atoms with Gasteiger partial charge in [-0.3, -0.25) is 4.79 Å². The second kappa shape index (κ2) is 8.34. The van der Waals surface area contributed by atoms with Gasteiger partial charge in [-0.1, -0.05) is 72.4 Å². The summed E-state index contributed by atoms with van der Waals surface area (Å²) in [5.41, 5.74) is 1.77. The van der Waals surface area contributed by atoms with Gasteiger partial charge in [-0.05, 0) is 11.1 Å². The third-order valence-electron chi connectivity index (χ3n) is 3.82. The maximum Gasteiger partial charge on any atom is 0.453 e. The molecule has 0 bridgehead atoms. The monoisotopic (exact) mass is 407 g/mol. The quantitative estimate of drug-likeness (QED) is 0.485. The molecular formula is C18H16F3N5OS. The van der Waals surface area contributed by atoms with Crippen LogP contribution < -0.4 is 11.2 Å². The number of hydrogen-bond donors (Lipinski definition) is 2. The van der Waals surface area contributed by atoms with Gasteiger partial charge >= 0.3 is 6.18 Å². The van der Waals surface area contributed by atoms with Crippen molar-refractivity contribution >= 4 is 17.7 Å². The van der Waals surface area contributed by atoms with Crippen LogP contribution in [0, 0.1) is 0 Å². The van der Waals surface area contributed by atoms with Crippen molar-refractivity contribution in [2.45, 2.75) is 17.4 Å². The van der Waals surface area contributed by atoms with Gasteiger partial charge in [0, 0.05) is 0 Å². The Morgan fingerprint density at radius 1 is 1.04 bits per heavy atom. The molecule has 3 rings (SSSR count). The zero-order chi connectivity index (χ0) is 20.1. The number of nitrogens with zero attached hydrogens (tertiary/aromatic N) is 3. The highest BCUT2D eigenvalue weighted by atomic mass is 32.2. The summed E-state index contributed by atoms with van der Waals surface area (Å²) in [4.78, 5) is 12.4. The topological polar surface area (TPSA) is 85.8 Å². The van der Waals surface area contributed by atoms with Gasteiger partial charge in [0.25, 0.3) is 5.82 Å². The number of alkyl halides is 3. The average molecular weight is 407 g/mol. The number of rotatable bonds is 6. The number of benzene rings is 2. The van der Waals surface area contributed by atoms with Crippen LogP contribution in [0.15, 0.2) is 65.8 Å². The van der Waals surface area contributed by atoms with Crippen LogP contribution in [0.4, 0.5) is 13.2 Å². The number of thioether (sulfide) groups is 1. The molecule has 0 saturated carbocycles. The second-order valence-electron chi connectivity index (χ2n) is 5.78. The third kappa shape index (κ3) is 4.63. The van der Waals surface area contributed by atoms with Gasteiger partial charge in [-0.25, -0.2) is 4.68 Å². The first-order valence-electron chi connectivity index (χ1n) is 8.16. The van der Waals surface area contributed by atoms with Crippen molar-refractivity contribution in [3.8, 4) is 0 Å². The molecule has 28 heavy (non-hydrogen) atoms. The van der Waals surface area contributed by atoms with Gasteiger partial charge in [0.05, 0.1) is 11.8 Å². The van der Waals surface area contributed by atoms with Crippen molar-refractivity contribution in [3.05, 3.63) is 77.6 Å². The molecule has 0 spiro atoms. The first-order valence-corrected chi connectivity index (χ1v) is 9.14. The molecule has 0 aliphatic rings. The molecule has 10 heteroatoms. The molecule has 6 nitrogen and oxygen atoms in total. The van der Waals surface area contributed by atoms with Gasteiger partial charge in [0.2, 0.25) is 11.1 Å². The molecule has 0 aliphatic heterocycles. The maximum absolute atomic E-state index is 12.7. The molecule has 1 heterocycles.